The number of halogens is 2. The largest absolute Gasteiger partial charge is 0.456 e. The Kier molecular flexibility index (Phi) is 7.07. The first-order chi connectivity index (χ1) is 12.8. The Morgan fingerprint density at radius 1 is 1.07 bits per heavy atom. The number of ketones is 1. The lowest BCUT2D eigenvalue weighted by Crippen LogP contribution is -2.45. The normalized spacial score (nSPS) is 11.7. The van der Waals surface area contributed by atoms with E-state index in [4.69, 9.17) is 16.3 Å². The van der Waals surface area contributed by atoms with Gasteiger partial charge in [-0.25, -0.2) is 9.18 Å². The maximum Gasteiger partial charge on any atom is 0.329 e. The highest BCUT2D eigenvalue weighted by molar-refractivity contribution is 6.33. The highest BCUT2D eigenvalue weighted by atomic mass is 35.5. The molecular weight excluding hydrogens is 373 g/mol. The molecule has 0 aliphatic heterocycles. The van der Waals surface area contributed by atoms with Crippen molar-refractivity contribution in [2.75, 3.05) is 6.61 Å². The molecule has 2 aromatic rings. The Bertz CT molecular complexity index is 836. The van der Waals surface area contributed by atoms with Crippen molar-refractivity contribution >= 4 is 29.3 Å². The van der Waals surface area contributed by atoms with Crippen molar-refractivity contribution < 1.29 is 23.5 Å². The maximum absolute atomic E-state index is 12.9. The number of Topliss-reactive ketones (excluding diaryl/α,β-unsaturated/α-hetero) is 1. The van der Waals surface area contributed by atoms with Crippen molar-refractivity contribution in [1.82, 2.24) is 5.32 Å². The fraction of sp³-hybridized carbons (Fsp3) is 0.250. The van der Waals surface area contributed by atoms with Crippen LogP contribution in [0.15, 0.2) is 48.5 Å². The van der Waals surface area contributed by atoms with E-state index < -0.39 is 36.1 Å². The summed E-state index contributed by atoms with van der Waals surface area (Å²) in [5, 5.41) is 2.85. The Hall–Kier alpha value is -2.73. The van der Waals surface area contributed by atoms with Gasteiger partial charge in [0.15, 0.2) is 12.4 Å². The van der Waals surface area contributed by atoms with Gasteiger partial charge in [-0.15, -0.1) is 0 Å². The molecule has 5 nitrogen and oxygen atoms in total. The van der Waals surface area contributed by atoms with Crippen LogP contribution >= 0.6 is 11.6 Å². The number of esters is 1. The molecule has 0 aliphatic carbocycles. The molecule has 7 heteroatoms. The fourth-order valence-corrected chi connectivity index (χ4v) is 2.53. The van der Waals surface area contributed by atoms with Crippen molar-refractivity contribution in [3.05, 3.63) is 70.5 Å². The molecule has 0 heterocycles. The number of hydrogen-bond donors (Lipinski definition) is 1. The van der Waals surface area contributed by atoms with Crippen molar-refractivity contribution in [1.29, 1.82) is 0 Å². The molecule has 0 saturated heterocycles. The number of hydrogen-bond acceptors (Lipinski definition) is 4. The number of rotatable bonds is 7. The maximum atomic E-state index is 12.9. The van der Waals surface area contributed by atoms with Crippen LogP contribution < -0.4 is 5.32 Å². The van der Waals surface area contributed by atoms with Gasteiger partial charge in [0.25, 0.3) is 5.91 Å². The van der Waals surface area contributed by atoms with Gasteiger partial charge in [-0.2, -0.15) is 0 Å². The van der Waals surface area contributed by atoms with E-state index in [0.717, 1.165) is 12.1 Å². The zero-order chi connectivity index (χ0) is 20.0. The van der Waals surface area contributed by atoms with Crippen LogP contribution in [0.25, 0.3) is 0 Å². The zero-order valence-corrected chi connectivity index (χ0v) is 15.6. The molecule has 2 rings (SSSR count). The van der Waals surface area contributed by atoms with Gasteiger partial charge in [0, 0.05) is 5.56 Å². The van der Waals surface area contributed by atoms with Crippen LogP contribution in [0.1, 0.15) is 34.6 Å². The van der Waals surface area contributed by atoms with E-state index in [-0.39, 0.29) is 22.1 Å². The first-order valence-electron chi connectivity index (χ1n) is 8.30. The second-order valence-corrected chi connectivity index (χ2v) is 6.62. The third-order valence-electron chi connectivity index (χ3n) is 3.84. The minimum Gasteiger partial charge on any atom is -0.456 e. The predicted octanol–water partition coefficient (Wildman–Crippen LogP) is 3.66. The summed E-state index contributed by atoms with van der Waals surface area (Å²) < 4.78 is 18.0. The van der Waals surface area contributed by atoms with Crippen LogP contribution in [0.5, 0.6) is 0 Å². The van der Waals surface area contributed by atoms with Gasteiger partial charge in [0.2, 0.25) is 0 Å². The summed E-state index contributed by atoms with van der Waals surface area (Å²) >= 11 is 6.00. The van der Waals surface area contributed by atoms with Gasteiger partial charge in [-0.05, 0) is 42.3 Å². The van der Waals surface area contributed by atoms with Crippen molar-refractivity contribution in [2.45, 2.75) is 19.9 Å². The van der Waals surface area contributed by atoms with Gasteiger partial charge >= 0.3 is 5.97 Å². The van der Waals surface area contributed by atoms with Gasteiger partial charge in [-0.1, -0.05) is 37.6 Å². The summed E-state index contributed by atoms with van der Waals surface area (Å²) in [6.07, 6.45) is 0. The molecule has 2 aromatic carbocycles. The smallest absolute Gasteiger partial charge is 0.329 e. The highest BCUT2D eigenvalue weighted by Gasteiger charge is 2.27. The molecule has 27 heavy (non-hydrogen) atoms. The summed E-state index contributed by atoms with van der Waals surface area (Å²) in [4.78, 5) is 36.8. The first kappa shape index (κ1) is 20.6. The standard InChI is InChI=1S/C20H19ClFNO4/c1-12(2)18(23-19(25)15-5-3-4-6-16(15)21)20(26)27-11-17(24)13-7-9-14(22)10-8-13/h3-10,12,18H,11H2,1-2H3,(H,23,25). The molecule has 0 aliphatic rings. The molecule has 1 amide bonds. The molecular formula is C20H19ClFNO4. The Labute approximate surface area is 161 Å². The lowest BCUT2D eigenvalue weighted by molar-refractivity contribution is -0.145. The number of amides is 1. The minimum atomic E-state index is -0.949. The van der Waals surface area contributed by atoms with Crippen LogP contribution in [0, 0.1) is 11.7 Å². The van der Waals surface area contributed by atoms with E-state index >= 15 is 0 Å². The van der Waals surface area contributed by atoms with Crippen molar-refractivity contribution in [2.24, 2.45) is 5.92 Å². The van der Waals surface area contributed by atoms with E-state index in [1.807, 2.05) is 0 Å². The third-order valence-corrected chi connectivity index (χ3v) is 4.17. The van der Waals surface area contributed by atoms with Gasteiger partial charge in [-0.3, -0.25) is 9.59 Å². The molecule has 0 radical (unpaired) electrons. The van der Waals surface area contributed by atoms with E-state index in [0.29, 0.717) is 0 Å². The first-order valence-corrected chi connectivity index (χ1v) is 8.68. The highest BCUT2D eigenvalue weighted by Crippen LogP contribution is 2.16. The number of ether oxygens (including phenoxy) is 1. The lowest BCUT2D eigenvalue weighted by atomic mass is 10.0. The molecule has 0 fully saturated rings. The molecule has 0 aromatic heterocycles. The number of carbonyl (C=O) groups excluding carboxylic acids is 3. The van der Waals surface area contributed by atoms with Gasteiger partial charge in [0.1, 0.15) is 11.9 Å². The van der Waals surface area contributed by atoms with Crippen LogP contribution in [0.2, 0.25) is 5.02 Å². The second kappa shape index (κ2) is 9.28. The number of carbonyl (C=O) groups is 3. The molecule has 0 spiro atoms. The molecule has 142 valence electrons. The second-order valence-electron chi connectivity index (χ2n) is 6.21. The third kappa shape index (κ3) is 5.62. The van der Waals surface area contributed by atoms with Crippen molar-refractivity contribution in [3.8, 4) is 0 Å². The van der Waals surface area contributed by atoms with Crippen LogP contribution in [0.3, 0.4) is 0 Å². The van der Waals surface area contributed by atoms with Gasteiger partial charge in [0.05, 0.1) is 10.6 Å². The summed E-state index contributed by atoms with van der Waals surface area (Å²) in [6, 6.07) is 10.4. The summed E-state index contributed by atoms with van der Waals surface area (Å²) in [5.41, 5.74) is 0.463. The Morgan fingerprint density at radius 2 is 1.70 bits per heavy atom. The molecule has 0 bridgehead atoms. The lowest BCUT2D eigenvalue weighted by Gasteiger charge is -2.21. The Morgan fingerprint density at radius 3 is 2.30 bits per heavy atom. The SMILES string of the molecule is CC(C)C(NC(=O)c1ccccc1Cl)C(=O)OCC(=O)c1ccc(F)cc1. The summed E-state index contributed by atoms with van der Waals surface area (Å²) in [6.45, 7) is 2.97. The average Bonchev–Trinajstić information content (AvgIpc) is 2.64. The summed E-state index contributed by atoms with van der Waals surface area (Å²) in [7, 11) is 0. The number of nitrogens with one attached hydrogen (secondary N) is 1. The van der Waals surface area contributed by atoms with Crippen LogP contribution in [-0.2, 0) is 9.53 Å². The molecule has 1 N–H and O–H groups in total. The molecule has 1 unspecified atom stereocenters. The average molecular weight is 392 g/mol. The van der Waals surface area contributed by atoms with E-state index in [1.165, 1.54) is 12.1 Å². The van der Waals surface area contributed by atoms with E-state index in [2.05, 4.69) is 5.32 Å². The van der Waals surface area contributed by atoms with Crippen LogP contribution in [-0.4, -0.2) is 30.3 Å². The quantitative estimate of drug-likeness (QED) is 0.577. The fourth-order valence-electron chi connectivity index (χ4n) is 2.31. The topological polar surface area (TPSA) is 72.5 Å². The van der Waals surface area contributed by atoms with Crippen molar-refractivity contribution in [3.63, 3.8) is 0 Å². The Balaban J connectivity index is 2.00. The predicted molar refractivity (Wildman–Crippen MR) is 99.2 cm³/mol. The van der Waals surface area contributed by atoms with E-state index in [1.54, 1.807) is 38.1 Å². The monoisotopic (exact) mass is 391 g/mol. The minimum absolute atomic E-state index is 0.227. The van der Waals surface area contributed by atoms with Gasteiger partial charge < -0.3 is 10.1 Å². The van der Waals surface area contributed by atoms with Crippen LogP contribution in [0.4, 0.5) is 4.39 Å². The zero-order valence-electron chi connectivity index (χ0n) is 14.9. The number of benzene rings is 2. The van der Waals surface area contributed by atoms with E-state index in [9.17, 15) is 18.8 Å². The molecule has 0 saturated carbocycles. The molecule has 1 atom stereocenters. The summed E-state index contributed by atoms with van der Waals surface area (Å²) in [5.74, 6) is -2.46.